The lowest BCUT2D eigenvalue weighted by atomic mass is 10.2. The van der Waals surface area contributed by atoms with Gasteiger partial charge in [0.25, 0.3) is 0 Å². The van der Waals surface area contributed by atoms with Crippen LogP contribution in [-0.4, -0.2) is 16.2 Å². The van der Waals surface area contributed by atoms with E-state index in [-0.39, 0.29) is 0 Å². The topological polar surface area (TPSA) is 33.1 Å². The molecule has 0 saturated carbocycles. The molecule has 58 valence electrons. The maximum absolute atomic E-state index is 8.91. The summed E-state index contributed by atoms with van der Waals surface area (Å²) in [4.78, 5) is 3.93. The zero-order valence-electron chi connectivity index (χ0n) is 6.44. The van der Waals surface area contributed by atoms with Gasteiger partial charge in [0.1, 0.15) is 0 Å². The summed E-state index contributed by atoms with van der Waals surface area (Å²) < 4.78 is 0. The van der Waals surface area contributed by atoms with Gasteiger partial charge in [-0.25, -0.2) is 0 Å². The molecule has 0 saturated heterocycles. The van der Waals surface area contributed by atoms with Crippen molar-refractivity contribution in [2.75, 3.05) is 0 Å². The number of aromatic nitrogens is 1. The van der Waals surface area contributed by atoms with Gasteiger partial charge < -0.3 is 5.11 Å². The van der Waals surface area contributed by atoms with Crippen LogP contribution in [0.4, 0.5) is 0 Å². The first-order chi connectivity index (χ1) is 5.29. The van der Waals surface area contributed by atoms with Crippen molar-refractivity contribution in [3.05, 3.63) is 36.2 Å². The van der Waals surface area contributed by atoms with Gasteiger partial charge in [-0.3, -0.25) is 4.98 Å². The maximum atomic E-state index is 8.91. The van der Waals surface area contributed by atoms with E-state index in [1.807, 2.05) is 18.2 Å². The van der Waals surface area contributed by atoms with E-state index in [1.54, 1.807) is 25.4 Å². The van der Waals surface area contributed by atoms with Crippen LogP contribution in [0, 0.1) is 0 Å². The number of aliphatic hydroxyl groups excluding tert-OH is 1. The van der Waals surface area contributed by atoms with Gasteiger partial charge in [0.05, 0.1) is 6.10 Å². The first-order valence-electron chi connectivity index (χ1n) is 3.55. The van der Waals surface area contributed by atoms with Crippen molar-refractivity contribution in [1.82, 2.24) is 4.98 Å². The van der Waals surface area contributed by atoms with E-state index in [1.165, 1.54) is 0 Å². The van der Waals surface area contributed by atoms with E-state index in [0.717, 1.165) is 5.56 Å². The largest absolute Gasteiger partial charge is 0.389 e. The van der Waals surface area contributed by atoms with Crippen molar-refractivity contribution in [2.45, 2.75) is 13.0 Å². The molecule has 11 heavy (non-hydrogen) atoms. The fourth-order valence-electron chi connectivity index (χ4n) is 0.725. The maximum Gasteiger partial charge on any atom is 0.0696 e. The van der Waals surface area contributed by atoms with Gasteiger partial charge in [-0.05, 0) is 18.6 Å². The zero-order chi connectivity index (χ0) is 8.10. The van der Waals surface area contributed by atoms with Gasteiger partial charge in [-0.2, -0.15) is 0 Å². The Balaban J connectivity index is 2.65. The molecule has 0 aliphatic heterocycles. The molecule has 2 heteroatoms. The number of rotatable bonds is 2. The molecule has 1 aromatic heterocycles. The summed E-state index contributed by atoms with van der Waals surface area (Å²) in [5, 5.41) is 8.91. The van der Waals surface area contributed by atoms with Gasteiger partial charge in [0, 0.05) is 12.4 Å². The average molecular weight is 149 g/mol. The second kappa shape index (κ2) is 3.88. The molecule has 0 spiro atoms. The summed E-state index contributed by atoms with van der Waals surface area (Å²) >= 11 is 0. The predicted molar refractivity (Wildman–Crippen MR) is 45.0 cm³/mol. The Hall–Kier alpha value is -1.15. The first-order valence-corrected chi connectivity index (χ1v) is 3.55. The zero-order valence-corrected chi connectivity index (χ0v) is 6.44. The van der Waals surface area contributed by atoms with Crippen LogP contribution >= 0.6 is 0 Å². The van der Waals surface area contributed by atoms with Crippen molar-refractivity contribution in [2.24, 2.45) is 0 Å². The minimum Gasteiger partial charge on any atom is -0.389 e. The Labute approximate surface area is 66.2 Å². The monoisotopic (exact) mass is 149 g/mol. The fourth-order valence-corrected chi connectivity index (χ4v) is 0.725. The van der Waals surface area contributed by atoms with Crippen molar-refractivity contribution in [3.63, 3.8) is 0 Å². The summed E-state index contributed by atoms with van der Waals surface area (Å²) in [6.45, 7) is 1.72. The van der Waals surface area contributed by atoms with E-state index in [9.17, 15) is 0 Å². The first kappa shape index (κ1) is 7.95. The molecule has 0 radical (unpaired) electrons. The summed E-state index contributed by atoms with van der Waals surface area (Å²) in [5.41, 5.74) is 1.01. The molecule has 1 N–H and O–H groups in total. The highest BCUT2D eigenvalue weighted by Crippen LogP contribution is 1.99. The van der Waals surface area contributed by atoms with Crippen LogP contribution in [0.5, 0.6) is 0 Å². The Bertz CT molecular complexity index is 229. The molecule has 2 nitrogen and oxygen atoms in total. The lowest BCUT2D eigenvalue weighted by Crippen LogP contribution is -1.91. The normalized spacial score (nSPS) is 13.6. The average Bonchev–Trinajstić information content (AvgIpc) is 2.03. The number of hydrogen-bond acceptors (Lipinski definition) is 2. The smallest absolute Gasteiger partial charge is 0.0696 e. The Morgan fingerprint density at radius 3 is 3.00 bits per heavy atom. The summed E-state index contributed by atoms with van der Waals surface area (Å²) in [7, 11) is 0. The van der Waals surface area contributed by atoms with E-state index in [0.29, 0.717) is 0 Å². The Kier molecular flexibility index (Phi) is 2.81. The minimum absolute atomic E-state index is 0.393. The van der Waals surface area contributed by atoms with Crippen molar-refractivity contribution in [1.29, 1.82) is 0 Å². The van der Waals surface area contributed by atoms with Crippen molar-refractivity contribution in [3.8, 4) is 0 Å². The van der Waals surface area contributed by atoms with E-state index in [2.05, 4.69) is 4.98 Å². The van der Waals surface area contributed by atoms with Crippen LogP contribution in [-0.2, 0) is 0 Å². The second-order valence-corrected chi connectivity index (χ2v) is 2.39. The van der Waals surface area contributed by atoms with E-state index < -0.39 is 6.10 Å². The number of hydrogen-bond donors (Lipinski definition) is 1. The van der Waals surface area contributed by atoms with Crippen LogP contribution in [0.3, 0.4) is 0 Å². The molecule has 0 amide bonds. The summed E-state index contributed by atoms with van der Waals surface area (Å²) in [5.74, 6) is 0. The van der Waals surface area contributed by atoms with Crippen LogP contribution in [0.25, 0.3) is 6.08 Å². The Morgan fingerprint density at radius 1 is 1.64 bits per heavy atom. The van der Waals surface area contributed by atoms with Crippen molar-refractivity contribution >= 4 is 6.08 Å². The standard InChI is InChI=1S/C9H11NO/c1-8(11)4-5-9-3-2-6-10-7-9/h2-8,11H,1H3/b5-4-/t8-/m1/s1. The number of aliphatic hydroxyl groups is 1. The molecule has 0 fully saturated rings. The van der Waals surface area contributed by atoms with Crippen LogP contribution < -0.4 is 0 Å². The van der Waals surface area contributed by atoms with Crippen LogP contribution in [0.15, 0.2) is 30.6 Å². The highest BCUT2D eigenvalue weighted by Gasteiger charge is 1.86. The molecule has 0 aliphatic rings. The highest BCUT2D eigenvalue weighted by atomic mass is 16.3. The third-order valence-electron chi connectivity index (χ3n) is 1.25. The molecule has 0 aromatic carbocycles. The quantitative estimate of drug-likeness (QED) is 0.690. The number of nitrogens with zero attached hydrogens (tertiary/aromatic N) is 1. The van der Waals surface area contributed by atoms with Crippen LogP contribution in [0.1, 0.15) is 12.5 Å². The molecule has 1 atom stereocenters. The molecule has 1 heterocycles. The van der Waals surface area contributed by atoms with Gasteiger partial charge in [-0.1, -0.05) is 18.2 Å². The SMILES string of the molecule is C[C@@H](O)/C=C\c1cccnc1. The van der Waals surface area contributed by atoms with E-state index in [4.69, 9.17) is 5.11 Å². The third kappa shape index (κ3) is 2.96. The molecule has 1 aromatic rings. The van der Waals surface area contributed by atoms with Gasteiger partial charge in [0.15, 0.2) is 0 Å². The minimum atomic E-state index is -0.393. The van der Waals surface area contributed by atoms with Gasteiger partial charge in [0.2, 0.25) is 0 Å². The van der Waals surface area contributed by atoms with Gasteiger partial charge in [-0.15, -0.1) is 0 Å². The highest BCUT2D eigenvalue weighted by molar-refractivity contribution is 5.47. The summed E-state index contributed by atoms with van der Waals surface area (Å²) in [6, 6.07) is 3.80. The molecule has 0 aliphatic carbocycles. The second-order valence-electron chi connectivity index (χ2n) is 2.39. The van der Waals surface area contributed by atoms with Crippen LogP contribution in [0.2, 0.25) is 0 Å². The number of pyridine rings is 1. The predicted octanol–water partition coefficient (Wildman–Crippen LogP) is 1.48. The fraction of sp³-hybridized carbons (Fsp3) is 0.222. The molecular formula is C9H11NO. The Morgan fingerprint density at radius 2 is 2.45 bits per heavy atom. The molecule has 1 rings (SSSR count). The molecule has 0 bridgehead atoms. The van der Waals surface area contributed by atoms with E-state index >= 15 is 0 Å². The lowest BCUT2D eigenvalue weighted by molar-refractivity contribution is 0.245. The molecular weight excluding hydrogens is 138 g/mol. The molecule has 0 unspecified atom stereocenters. The van der Waals surface area contributed by atoms with Crippen molar-refractivity contribution < 1.29 is 5.11 Å². The van der Waals surface area contributed by atoms with Gasteiger partial charge >= 0.3 is 0 Å². The third-order valence-corrected chi connectivity index (χ3v) is 1.25. The summed E-state index contributed by atoms with van der Waals surface area (Å²) in [6.07, 6.45) is 6.64. The lowest BCUT2D eigenvalue weighted by Gasteiger charge is -1.93.